The monoisotopic (exact) mass is 446 g/mol. The van der Waals surface area contributed by atoms with Crippen LogP contribution in [0.1, 0.15) is 5.89 Å². The number of aromatic hydroxyl groups is 1. The van der Waals surface area contributed by atoms with Gasteiger partial charge in [-0.3, -0.25) is 4.79 Å². The van der Waals surface area contributed by atoms with Crippen LogP contribution in [-0.4, -0.2) is 15.3 Å². The summed E-state index contributed by atoms with van der Waals surface area (Å²) in [6.45, 7) is 0.0505. The fourth-order valence-electron chi connectivity index (χ4n) is 3.23. The van der Waals surface area contributed by atoms with Crippen LogP contribution in [-0.2, 0) is 6.61 Å². The van der Waals surface area contributed by atoms with Crippen molar-refractivity contribution in [3.8, 4) is 34.1 Å². The van der Waals surface area contributed by atoms with Gasteiger partial charge in [-0.1, -0.05) is 29.8 Å². The molecule has 8 heteroatoms. The lowest BCUT2D eigenvalue weighted by atomic mass is 10.1. The van der Waals surface area contributed by atoms with Crippen molar-refractivity contribution in [2.75, 3.05) is 0 Å². The molecule has 0 saturated heterocycles. The van der Waals surface area contributed by atoms with E-state index in [1.165, 1.54) is 18.4 Å². The number of hydrogen-bond acceptors (Lipinski definition) is 7. The molecule has 0 aliphatic heterocycles. The molecule has 0 bridgehead atoms. The van der Waals surface area contributed by atoms with Crippen molar-refractivity contribution < 1.29 is 18.7 Å². The summed E-state index contributed by atoms with van der Waals surface area (Å²) in [7, 11) is 0. The van der Waals surface area contributed by atoms with Crippen molar-refractivity contribution in [3.63, 3.8) is 0 Å². The third-order valence-electron chi connectivity index (χ3n) is 4.83. The number of halogens is 1. The Bertz CT molecular complexity index is 1470. The summed E-state index contributed by atoms with van der Waals surface area (Å²) in [6.07, 6.45) is 1.40. The van der Waals surface area contributed by atoms with Crippen molar-refractivity contribution >= 4 is 22.6 Å². The van der Waals surface area contributed by atoms with Gasteiger partial charge in [0.25, 0.3) is 5.89 Å². The SMILES string of the molecule is O=c1c(-c2ccc(O)cc2)coc2cc(OCc3nnc(-c4cccc(Cl)c4)o3)ccc12. The second-order valence-electron chi connectivity index (χ2n) is 6.98. The van der Waals surface area contributed by atoms with Gasteiger partial charge in [-0.25, -0.2) is 0 Å². The summed E-state index contributed by atoms with van der Waals surface area (Å²) < 4.78 is 17.0. The average Bonchev–Trinajstić information content (AvgIpc) is 3.28. The lowest BCUT2D eigenvalue weighted by Crippen LogP contribution is -2.05. The Morgan fingerprint density at radius 1 is 0.969 bits per heavy atom. The molecule has 1 N–H and O–H groups in total. The average molecular weight is 447 g/mol. The quantitative estimate of drug-likeness (QED) is 0.383. The van der Waals surface area contributed by atoms with Crippen LogP contribution in [0.3, 0.4) is 0 Å². The molecule has 0 aliphatic carbocycles. The van der Waals surface area contributed by atoms with Crippen molar-refractivity contribution in [1.82, 2.24) is 10.2 Å². The molecule has 32 heavy (non-hydrogen) atoms. The number of phenolic OH excluding ortho intramolecular Hbond substituents is 1. The highest BCUT2D eigenvalue weighted by Gasteiger charge is 2.12. The Hall–Kier alpha value is -4.10. The molecule has 0 spiro atoms. The van der Waals surface area contributed by atoms with Crippen LogP contribution in [0, 0.1) is 0 Å². The van der Waals surface area contributed by atoms with E-state index in [4.69, 9.17) is 25.2 Å². The molecule has 0 aliphatic rings. The van der Waals surface area contributed by atoms with Gasteiger partial charge in [-0.2, -0.15) is 0 Å². The summed E-state index contributed by atoms with van der Waals surface area (Å²) in [5.41, 5.74) is 2.00. The number of phenols is 1. The Morgan fingerprint density at radius 3 is 2.62 bits per heavy atom. The number of hydrogen-bond donors (Lipinski definition) is 1. The summed E-state index contributed by atoms with van der Waals surface area (Å²) in [5, 5.41) is 18.4. The molecule has 2 aromatic heterocycles. The predicted octanol–water partition coefficient (Wildman–Crippen LogP) is 5.45. The first kappa shape index (κ1) is 19.8. The summed E-state index contributed by atoms with van der Waals surface area (Å²) in [5.74, 6) is 1.25. The topological polar surface area (TPSA) is 98.6 Å². The Balaban J connectivity index is 1.35. The molecule has 0 atom stereocenters. The van der Waals surface area contributed by atoms with E-state index in [-0.39, 0.29) is 17.8 Å². The van der Waals surface area contributed by atoms with Crippen LogP contribution in [0.2, 0.25) is 5.02 Å². The van der Waals surface area contributed by atoms with E-state index in [1.807, 2.05) is 6.07 Å². The predicted molar refractivity (Wildman–Crippen MR) is 119 cm³/mol. The first-order chi connectivity index (χ1) is 15.6. The molecule has 2 heterocycles. The first-order valence-electron chi connectivity index (χ1n) is 9.63. The molecular formula is C24H15ClN2O5. The van der Waals surface area contributed by atoms with E-state index in [9.17, 15) is 9.90 Å². The summed E-state index contributed by atoms with van der Waals surface area (Å²) in [6, 6.07) is 18.4. The van der Waals surface area contributed by atoms with E-state index < -0.39 is 0 Å². The maximum absolute atomic E-state index is 12.9. The molecule has 0 radical (unpaired) electrons. The van der Waals surface area contributed by atoms with Gasteiger partial charge in [0, 0.05) is 16.7 Å². The molecule has 0 amide bonds. The highest BCUT2D eigenvalue weighted by molar-refractivity contribution is 6.30. The van der Waals surface area contributed by atoms with E-state index in [0.29, 0.717) is 50.2 Å². The Labute approximate surface area is 186 Å². The molecule has 5 rings (SSSR count). The number of nitrogens with zero attached hydrogens (tertiary/aromatic N) is 2. The Kier molecular flexibility index (Phi) is 5.09. The maximum atomic E-state index is 12.9. The fraction of sp³-hybridized carbons (Fsp3) is 0.0417. The molecule has 7 nitrogen and oxygen atoms in total. The van der Waals surface area contributed by atoms with Gasteiger partial charge in [0.2, 0.25) is 5.89 Å². The minimum atomic E-state index is -0.174. The van der Waals surface area contributed by atoms with E-state index in [2.05, 4.69) is 10.2 Å². The van der Waals surface area contributed by atoms with Crippen molar-refractivity contribution in [2.24, 2.45) is 0 Å². The van der Waals surface area contributed by atoms with Crippen molar-refractivity contribution in [1.29, 1.82) is 0 Å². The largest absolute Gasteiger partial charge is 0.508 e. The Morgan fingerprint density at radius 2 is 1.81 bits per heavy atom. The molecule has 158 valence electrons. The molecule has 5 aromatic rings. The zero-order chi connectivity index (χ0) is 22.1. The molecule has 0 fully saturated rings. The van der Waals surface area contributed by atoms with Crippen LogP contribution in [0.4, 0.5) is 0 Å². The van der Waals surface area contributed by atoms with Crippen molar-refractivity contribution in [3.05, 3.63) is 94.1 Å². The number of ether oxygens (including phenoxy) is 1. The summed E-state index contributed by atoms with van der Waals surface area (Å²) in [4.78, 5) is 12.9. The standard InChI is InChI=1S/C24H15ClN2O5/c25-16-3-1-2-15(10-16)24-27-26-22(32-24)13-30-18-8-9-19-21(11-18)31-12-20(23(19)29)14-4-6-17(28)7-5-14/h1-12,28H,13H2. The third kappa shape index (κ3) is 3.93. The highest BCUT2D eigenvalue weighted by atomic mass is 35.5. The van der Waals surface area contributed by atoms with Crippen LogP contribution in [0.5, 0.6) is 11.5 Å². The van der Waals surface area contributed by atoms with Gasteiger partial charge in [-0.15, -0.1) is 10.2 Å². The number of fused-ring (bicyclic) bond motifs is 1. The highest BCUT2D eigenvalue weighted by Crippen LogP contribution is 2.25. The van der Waals surface area contributed by atoms with Crippen molar-refractivity contribution in [2.45, 2.75) is 6.61 Å². The van der Waals surface area contributed by atoms with Gasteiger partial charge in [0.15, 0.2) is 12.0 Å². The van der Waals surface area contributed by atoms with Gasteiger partial charge in [-0.05, 0) is 48.0 Å². The number of rotatable bonds is 5. The molecule has 3 aromatic carbocycles. The van der Waals surface area contributed by atoms with E-state index >= 15 is 0 Å². The fourth-order valence-corrected chi connectivity index (χ4v) is 3.42. The maximum Gasteiger partial charge on any atom is 0.254 e. The van der Waals surface area contributed by atoms with Crippen LogP contribution in [0.25, 0.3) is 33.6 Å². The van der Waals surface area contributed by atoms with E-state index in [0.717, 1.165) is 0 Å². The third-order valence-corrected chi connectivity index (χ3v) is 5.06. The minimum absolute atomic E-state index is 0.0505. The smallest absolute Gasteiger partial charge is 0.254 e. The lowest BCUT2D eigenvalue weighted by Gasteiger charge is -2.06. The van der Waals surface area contributed by atoms with Gasteiger partial charge in [0.05, 0.1) is 10.9 Å². The zero-order valence-corrected chi connectivity index (χ0v) is 17.2. The van der Waals surface area contributed by atoms with Gasteiger partial charge < -0.3 is 18.7 Å². The van der Waals surface area contributed by atoms with E-state index in [1.54, 1.807) is 48.5 Å². The normalized spacial score (nSPS) is 11.0. The second-order valence-corrected chi connectivity index (χ2v) is 7.42. The van der Waals surface area contributed by atoms with Crippen LogP contribution < -0.4 is 10.2 Å². The second kappa shape index (κ2) is 8.20. The minimum Gasteiger partial charge on any atom is -0.508 e. The molecule has 0 unspecified atom stereocenters. The lowest BCUT2D eigenvalue weighted by molar-refractivity contribution is 0.264. The molecular weight excluding hydrogens is 432 g/mol. The van der Waals surface area contributed by atoms with Gasteiger partial charge in [0.1, 0.15) is 23.3 Å². The van der Waals surface area contributed by atoms with Crippen LogP contribution in [0.15, 0.2) is 86.6 Å². The van der Waals surface area contributed by atoms with Gasteiger partial charge >= 0.3 is 0 Å². The first-order valence-corrected chi connectivity index (χ1v) is 10.0. The molecule has 0 saturated carbocycles. The number of aromatic nitrogens is 2. The number of benzene rings is 3. The summed E-state index contributed by atoms with van der Waals surface area (Å²) >= 11 is 6.00. The van der Waals surface area contributed by atoms with Crippen LogP contribution >= 0.6 is 11.6 Å². The zero-order valence-electron chi connectivity index (χ0n) is 16.5.